The van der Waals surface area contributed by atoms with Crippen LogP contribution in [0.1, 0.15) is 75.3 Å². The minimum absolute atomic E-state index is 0.0856. The number of hydroxylamine groups is 1. The Labute approximate surface area is 271 Å². The molecule has 2 heterocycles. The first-order chi connectivity index (χ1) is 21.5. The van der Waals surface area contributed by atoms with Gasteiger partial charge in [0, 0.05) is 27.7 Å². The van der Waals surface area contributed by atoms with Crippen molar-refractivity contribution in [2.75, 3.05) is 13.4 Å². The predicted molar refractivity (Wildman–Crippen MR) is 167 cm³/mol. The lowest BCUT2D eigenvalue weighted by atomic mass is 9.76. The molecule has 0 unspecified atom stereocenters. The lowest BCUT2D eigenvalue weighted by Crippen LogP contribution is -2.59. The van der Waals surface area contributed by atoms with Crippen molar-refractivity contribution >= 4 is 51.0 Å². The van der Waals surface area contributed by atoms with Crippen LogP contribution in [0.3, 0.4) is 0 Å². The van der Waals surface area contributed by atoms with E-state index in [1.165, 1.54) is 13.2 Å². The van der Waals surface area contributed by atoms with Crippen LogP contribution in [0.4, 0.5) is 0 Å². The summed E-state index contributed by atoms with van der Waals surface area (Å²) in [6.07, 6.45) is 3.65. The summed E-state index contributed by atoms with van der Waals surface area (Å²) in [5, 5.41) is 0.619. The number of carbonyl (C=O) groups excluding carboxylic acids is 3. The van der Waals surface area contributed by atoms with Gasteiger partial charge in [-0.3, -0.25) is 14.4 Å². The quantitative estimate of drug-likeness (QED) is 0.248. The minimum Gasteiger partial charge on any atom is -0.464 e. The number of esters is 1. The number of rotatable bonds is 9. The Morgan fingerprint density at radius 3 is 2.51 bits per heavy atom. The topological polar surface area (TPSA) is 144 Å². The zero-order valence-electron chi connectivity index (χ0n) is 24.5. The van der Waals surface area contributed by atoms with E-state index in [0.29, 0.717) is 40.2 Å². The fourth-order valence-corrected chi connectivity index (χ4v) is 7.50. The summed E-state index contributed by atoms with van der Waals surface area (Å²) in [5.74, 6) is -2.53. The maximum absolute atomic E-state index is 14.3. The third kappa shape index (κ3) is 7.31. The van der Waals surface area contributed by atoms with Crippen molar-refractivity contribution in [1.29, 1.82) is 0 Å². The van der Waals surface area contributed by atoms with Gasteiger partial charge in [0.1, 0.15) is 12.3 Å². The molecule has 1 aliphatic heterocycles. The number of sulfonamides is 1. The fourth-order valence-electron chi connectivity index (χ4n) is 6.15. The van der Waals surface area contributed by atoms with Gasteiger partial charge in [-0.15, -0.1) is 0 Å². The summed E-state index contributed by atoms with van der Waals surface area (Å²) in [4.78, 5) is 51.8. The maximum Gasteiger partial charge on any atom is 0.356 e. The number of methoxy groups -OCH3 is 1. The average Bonchev–Trinajstić information content (AvgIpc) is 3.00. The Balaban J connectivity index is 1.55. The molecule has 238 valence electrons. The van der Waals surface area contributed by atoms with E-state index < -0.39 is 45.9 Å². The van der Waals surface area contributed by atoms with E-state index in [0.717, 1.165) is 19.1 Å². The first kappa shape index (κ1) is 32.8. The van der Waals surface area contributed by atoms with E-state index in [9.17, 15) is 22.8 Å². The number of benzene rings is 2. The largest absolute Gasteiger partial charge is 0.464 e. The number of ether oxygens (including phenoxy) is 1. The van der Waals surface area contributed by atoms with Crippen LogP contribution in [0.25, 0.3) is 0 Å². The highest BCUT2D eigenvalue weighted by atomic mass is 35.5. The molecule has 1 saturated carbocycles. The van der Waals surface area contributed by atoms with Crippen molar-refractivity contribution in [2.24, 2.45) is 0 Å². The number of pyridine rings is 1. The van der Waals surface area contributed by atoms with Gasteiger partial charge in [0.15, 0.2) is 0 Å². The Morgan fingerprint density at radius 1 is 1.02 bits per heavy atom. The molecule has 4 atom stereocenters. The third-order valence-corrected chi connectivity index (χ3v) is 9.28. The molecule has 0 bridgehead atoms. The molecule has 0 radical (unpaired) electrons. The predicted octanol–water partition coefficient (Wildman–Crippen LogP) is 4.56. The minimum atomic E-state index is -3.61. The van der Waals surface area contributed by atoms with Crippen molar-refractivity contribution in [1.82, 2.24) is 20.1 Å². The van der Waals surface area contributed by atoms with Gasteiger partial charge in [0.2, 0.25) is 10.0 Å². The highest BCUT2D eigenvalue weighted by Crippen LogP contribution is 2.47. The second-order valence-electron chi connectivity index (χ2n) is 11.0. The first-order valence-corrected chi connectivity index (χ1v) is 16.9. The number of hydrogen-bond donors (Lipinski definition) is 2. The molecule has 2 aliphatic rings. The molecule has 0 spiro atoms. The number of halogens is 2. The number of hydrogen-bond acceptors (Lipinski definition) is 8. The van der Waals surface area contributed by atoms with Crippen molar-refractivity contribution in [3.8, 4) is 0 Å². The molecule has 3 aromatic rings. The first-order valence-electron chi connectivity index (χ1n) is 14.3. The van der Waals surface area contributed by atoms with Crippen molar-refractivity contribution in [3.05, 3.63) is 98.8 Å². The maximum atomic E-state index is 14.3. The molecule has 2 aromatic carbocycles. The summed E-state index contributed by atoms with van der Waals surface area (Å²) >= 11 is 13.0. The number of aromatic nitrogens is 1. The normalized spacial score (nSPS) is 21.6. The SMILES string of the molecule is COC(=O)c1cccc(CONC(=O)[C@@H]2c3ccccc3C(=O)N([C@H]3CCCC[C@@H]3NS(C)(=O)=O)[C@H]2c2ccc(Cl)cc2Cl)n1. The summed E-state index contributed by atoms with van der Waals surface area (Å²) < 4.78 is 32.2. The Bertz CT molecular complexity index is 1720. The van der Waals surface area contributed by atoms with Gasteiger partial charge in [-0.25, -0.2) is 28.4 Å². The van der Waals surface area contributed by atoms with E-state index in [1.807, 2.05) is 0 Å². The number of carbonyl (C=O) groups is 3. The lowest BCUT2D eigenvalue weighted by Gasteiger charge is -2.49. The van der Waals surface area contributed by atoms with Crippen molar-refractivity contribution in [2.45, 2.75) is 56.3 Å². The Kier molecular flexibility index (Phi) is 10.1. The molecule has 0 saturated heterocycles. The highest BCUT2D eigenvalue weighted by Gasteiger charge is 2.49. The van der Waals surface area contributed by atoms with Gasteiger partial charge >= 0.3 is 5.97 Å². The lowest BCUT2D eigenvalue weighted by molar-refractivity contribution is -0.138. The van der Waals surface area contributed by atoms with E-state index in [4.69, 9.17) is 32.8 Å². The van der Waals surface area contributed by atoms with Crippen LogP contribution in [0.2, 0.25) is 10.0 Å². The second-order valence-corrected chi connectivity index (χ2v) is 13.6. The summed E-state index contributed by atoms with van der Waals surface area (Å²) in [6, 6.07) is 14.3. The Morgan fingerprint density at radius 2 is 1.78 bits per heavy atom. The number of amides is 2. The molecular weight excluding hydrogens is 643 g/mol. The van der Waals surface area contributed by atoms with Crippen LogP contribution in [-0.4, -0.2) is 61.5 Å². The monoisotopic (exact) mass is 674 g/mol. The van der Waals surface area contributed by atoms with Crippen molar-refractivity contribution in [3.63, 3.8) is 0 Å². The molecule has 11 nitrogen and oxygen atoms in total. The molecule has 1 aromatic heterocycles. The van der Waals surface area contributed by atoms with Crippen LogP contribution in [0.15, 0.2) is 60.7 Å². The zero-order valence-corrected chi connectivity index (χ0v) is 26.9. The van der Waals surface area contributed by atoms with Crippen LogP contribution in [0.5, 0.6) is 0 Å². The molecule has 1 fully saturated rings. The zero-order chi connectivity index (χ0) is 32.3. The molecule has 45 heavy (non-hydrogen) atoms. The van der Waals surface area contributed by atoms with E-state index in [2.05, 4.69) is 15.2 Å². The van der Waals surface area contributed by atoms with Gasteiger partial charge in [-0.05, 0) is 54.3 Å². The number of nitrogens with zero attached hydrogens (tertiary/aromatic N) is 2. The van der Waals surface area contributed by atoms with Gasteiger partial charge in [0.05, 0.1) is 31.0 Å². The molecule has 5 rings (SSSR count). The molecular formula is C31H32Cl2N4O7S. The average molecular weight is 676 g/mol. The second kappa shape index (κ2) is 13.8. The van der Waals surface area contributed by atoms with E-state index >= 15 is 0 Å². The summed E-state index contributed by atoms with van der Waals surface area (Å²) in [7, 11) is -2.36. The van der Waals surface area contributed by atoms with E-state index in [1.54, 1.807) is 59.5 Å². The summed E-state index contributed by atoms with van der Waals surface area (Å²) in [6.45, 7) is -0.164. The highest BCUT2D eigenvalue weighted by molar-refractivity contribution is 7.88. The van der Waals surface area contributed by atoms with Crippen LogP contribution >= 0.6 is 23.2 Å². The van der Waals surface area contributed by atoms with Crippen molar-refractivity contribution < 1.29 is 32.4 Å². The standard InChI is InChI=1S/C31H32Cl2N4O7S/c1-43-31(40)25-12-7-8-19(34-25)17-44-35-29(38)27-20-9-3-4-10-21(20)30(39)37(28(27)22-15-14-18(32)16-23(22)33)26-13-6-5-11-24(26)36-45(2,41)42/h3-4,7-10,12,14-16,24,26-28,36H,5-6,11,13,17H2,1-2H3,(H,35,38)/t24-,26-,27+,28-/m0/s1. The van der Waals surface area contributed by atoms with Gasteiger partial charge in [-0.2, -0.15) is 0 Å². The van der Waals surface area contributed by atoms with Gasteiger partial charge in [0.25, 0.3) is 11.8 Å². The van der Waals surface area contributed by atoms with Crippen LogP contribution < -0.4 is 10.2 Å². The van der Waals surface area contributed by atoms with Crippen LogP contribution in [0, 0.1) is 0 Å². The van der Waals surface area contributed by atoms with Gasteiger partial charge in [-0.1, -0.05) is 66.4 Å². The van der Waals surface area contributed by atoms with Gasteiger partial charge < -0.3 is 9.64 Å². The smallest absolute Gasteiger partial charge is 0.356 e. The third-order valence-electron chi connectivity index (χ3n) is 7.99. The summed E-state index contributed by atoms with van der Waals surface area (Å²) in [5.41, 5.74) is 4.21. The number of fused-ring (bicyclic) bond motifs is 1. The van der Waals surface area contributed by atoms with E-state index in [-0.39, 0.29) is 23.2 Å². The molecule has 2 N–H and O–H groups in total. The molecule has 2 amide bonds. The molecule has 14 heteroatoms. The van der Waals surface area contributed by atoms with Crippen LogP contribution in [-0.2, 0) is 31.0 Å². The Hall–Kier alpha value is -3.55. The molecule has 1 aliphatic carbocycles. The fraction of sp³-hybridized carbons (Fsp3) is 0.355. The number of nitrogens with one attached hydrogen (secondary N) is 2.